The van der Waals surface area contributed by atoms with E-state index in [-0.39, 0.29) is 11.6 Å². The molecule has 0 spiro atoms. The summed E-state index contributed by atoms with van der Waals surface area (Å²) in [5, 5.41) is 2.38. The van der Waals surface area contributed by atoms with Gasteiger partial charge in [0, 0.05) is 17.9 Å². The molecular formula is C12H10FNOS. The molecule has 0 saturated heterocycles. The molecule has 82 valence electrons. The molecule has 0 aliphatic heterocycles. The first-order valence-corrected chi connectivity index (χ1v) is 5.69. The first kappa shape index (κ1) is 11.0. The van der Waals surface area contributed by atoms with E-state index in [1.54, 1.807) is 11.4 Å². The number of carbonyl (C=O) groups excluding carboxylic acids is 1. The van der Waals surface area contributed by atoms with Crippen molar-refractivity contribution in [2.24, 2.45) is 0 Å². The van der Waals surface area contributed by atoms with Crippen LogP contribution in [0, 0.1) is 12.7 Å². The van der Waals surface area contributed by atoms with Crippen LogP contribution in [0.25, 0.3) is 10.6 Å². The summed E-state index contributed by atoms with van der Waals surface area (Å²) in [6.45, 7) is 3.36. The Morgan fingerprint density at radius 1 is 1.44 bits per heavy atom. The molecule has 0 unspecified atom stereocenters. The second-order valence-corrected chi connectivity index (χ2v) is 4.41. The number of hydrogen-bond donors (Lipinski definition) is 0. The highest BCUT2D eigenvalue weighted by atomic mass is 32.1. The highest BCUT2D eigenvalue weighted by molar-refractivity contribution is 7.13. The number of benzene rings is 1. The van der Waals surface area contributed by atoms with Gasteiger partial charge in [0.15, 0.2) is 5.78 Å². The normalized spacial score (nSPS) is 10.4. The Bertz CT molecular complexity index is 548. The molecule has 0 aliphatic carbocycles. The van der Waals surface area contributed by atoms with Crippen molar-refractivity contribution in [2.45, 2.75) is 13.8 Å². The van der Waals surface area contributed by atoms with E-state index < -0.39 is 0 Å². The molecule has 16 heavy (non-hydrogen) atoms. The van der Waals surface area contributed by atoms with Gasteiger partial charge in [-0.2, -0.15) is 0 Å². The lowest BCUT2D eigenvalue weighted by molar-refractivity contribution is 0.101. The van der Waals surface area contributed by atoms with Crippen molar-refractivity contribution >= 4 is 17.1 Å². The van der Waals surface area contributed by atoms with Gasteiger partial charge in [0.25, 0.3) is 0 Å². The highest BCUT2D eigenvalue weighted by Crippen LogP contribution is 2.27. The molecule has 2 rings (SSSR count). The fraction of sp³-hybridized carbons (Fsp3) is 0.167. The summed E-state index contributed by atoms with van der Waals surface area (Å²) in [5.41, 5.74) is 2.13. The molecule has 1 heterocycles. The summed E-state index contributed by atoms with van der Waals surface area (Å²) in [7, 11) is 0. The average molecular weight is 235 g/mol. The molecule has 2 nitrogen and oxygen atoms in total. The van der Waals surface area contributed by atoms with E-state index >= 15 is 0 Å². The minimum atomic E-state index is -0.292. The zero-order valence-corrected chi connectivity index (χ0v) is 9.77. The number of rotatable bonds is 2. The Balaban J connectivity index is 2.50. The Kier molecular flexibility index (Phi) is 2.83. The Morgan fingerprint density at radius 3 is 2.81 bits per heavy atom. The van der Waals surface area contributed by atoms with Crippen LogP contribution in [-0.2, 0) is 0 Å². The van der Waals surface area contributed by atoms with E-state index in [4.69, 9.17) is 0 Å². The van der Waals surface area contributed by atoms with Gasteiger partial charge in [0.05, 0.1) is 0 Å². The topological polar surface area (TPSA) is 30.0 Å². The fourth-order valence-corrected chi connectivity index (χ4v) is 2.32. The third-order valence-corrected chi connectivity index (χ3v) is 3.17. The smallest absolute Gasteiger partial charge is 0.178 e. The van der Waals surface area contributed by atoms with Gasteiger partial charge in [-0.1, -0.05) is 6.07 Å². The minimum absolute atomic E-state index is 0.0726. The molecule has 0 aliphatic rings. The van der Waals surface area contributed by atoms with E-state index in [9.17, 15) is 9.18 Å². The first-order valence-electron chi connectivity index (χ1n) is 4.81. The largest absolute Gasteiger partial charge is 0.293 e. The average Bonchev–Trinajstić information content (AvgIpc) is 2.70. The summed E-state index contributed by atoms with van der Waals surface area (Å²) in [5.74, 6) is -0.364. The number of carbonyl (C=O) groups is 1. The molecule has 0 amide bonds. The molecule has 0 fully saturated rings. The maximum absolute atomic E-state index is 13.1. The van der Waals surface area contributed by atoms with Crippen molar-refractivity contribution < 1.29 is 9.18 Å². The Morgan fingerprint density at radius 2 is 2.19 bits per heavy atom. The van der Waals surface area contributed by atoms with Crippen LogP contribution in [0.3, 0.4) is 0 Å². The number of Topliss-reactive ketones (excluding diaryl/α,β-unsaturated/α-hetero) is 1. The zero-order valence-electron chi connectivity index (χ0n) is 8.95. The lowest BCUT2D eigenvalue weighted by Crippen LogP contribution is -1.92. The van der Waals surface area contributed by atoms with Crippen LogP contribution in [0.4, 0.5) is 4.39 Å². The molecule has 0 radical (unpaired) electrons. The maximum Gasteiger partial charge on any atom is 0.178 e. The second kappa shape index (κ2) is 4.14. The molecule has 0 saturated carbocycles. The van der Waals surface area contributed by atoms with Crippen LogP contribution in [0.15, 0.2) is 23.6 Å². The van der Waals surface area contributed by atoms with E-state index in [0.29, 0.717) is 10.7 Å². The van der Waals surface area contributed by atoms with Crippen LogP contribution in [-0.4, -0.2) is 10.8 Å². The summed E-state index contributed by atoms with van der Waals surface area (Å²) >= 11 is 1.36. The quantitative estimate of drug-likeness (QED) is 0.746. The van der Waals surface area contributed by atoms with E-state index in [1.807, 2.05) is 6.92 Å². The van der Waals surface area contributed by atoms with Crippen LogP contribution in [0.1, 0.15) is 23.0 Å². The number of thiazole rings is 1. The van der Waals surface area contributed by atoms with Gasteiger partial charge < -0.3 is 0 Å². The third-order valence-electron chi connectivity index (χ3n) is 2.29. The van der Waals surface area contributed by atoms with Crippen molar-refractivity contribution in [1.82, 2.24) is 4.98 Å². The SMILES string of the molecule is CC(=O)c1csc(-c2cc(F)ccc2C)n1. The zero-order chi connectivity index (χ0) is 11.7. The van der Waals surface area contributed by atoms with Gasteiger partial charge in [0.1, 0.15) is 16.5 Å². The van der Waals surface area contributed by atoms with Crippen molar-refractivity contribution in [3.63, 3.8) is 0 Å². The third kappa shape index (κ3) is 2.02. The van der Waals surface area contributed by atoms with Gasteiger partial charge in [-0.05, 0) is 24.6 Å². The Labute approximate surface area is 96.8 Å². The molecular weight excluding hydrogens is 225 g/mol. The van der Waals surface area contributed by atoms with Gasteiger partial charge in [0.2, 0.25) is 0 Å². The number of aromatic nitrogens is 1. The monoisotopic (exact) mass is 235 g/mol. The molecule has 0 N–H and O–H groups in total. The molecule has 1 aromatic carbocycles. The van der Waals surface area contributed by atoms with Gasteiger partial charge in [-0.15, -0.1) is 11.3 Å². The first-order chi connectivity index (χ1) is 7.58. The van der Waals surface area contributed by atoms with Gasteiger partial charge in [-0.3, -0.25) is 4.79 Å². The summed E-state index contributed by atoms with van der Waals surface area (Å²) < 4.78 is 13.1. The van der Waals surface area contributed by atoms with Crippen molar-refractivity contribution in [2.75, 3.05) is 0 Å². The lowest BCUT2D eigenvalue weighted by Gasteiger charge is -2.01. The van der Waals surface area contributed by atoms with Gasteiger partial charge in [-0.25, -0.2) is 9.37 Å². The molecule has 4 heteroatoms. The van der Waals surface area contributed by atoms with Crippen LogP contribution < -0.4 is 0 Å². The van der Waals surface area contributed by atoms with E-state index in [1.165, 1.54) is 30.4 Å². The minimum Gasteiger partial charge on any atom is -0.293 e. The maximum atomic E-state index is 13.1. The van der Waals surface area contributed by atoms with Crippen molar-refractivity contribution in [1.29, 1.82) is 0 Å². The molecule has 1 aromatic heterocycles. The fourth-order valence-electron chi connectivity index (χ4n) is 1.38. The molecule has 2 aromatic rings. The highest BCUT2D eigenvalue weighted by Gasteiger charge is 2.10. The number of halogens is 1. The van der Waals surface area contributed by atoms with Crippen LogP contribution in [0.2, 0.25) is 0 Å². The van der Waals surface area contributed by atoms with Crippen molar-refractivity contribution in [3.05, 3.63) is 40.7 Å². The number of aryl methyl sites for hydroxylation is 1. The van der Waals surface area contributed by atoms with Crippen LogP contribution >= 0.6 is 11.3 Å². The molecule has 0 bridgehead atoms. The predicted molar refractivity (Wildman–Crippen MR) is 62.2 cm³/mol. The number of ketones is 1. The second-order valence-electron chi connectivity index (χ2n) is 3.55. The predicted octanol–water partition coefficient (Wildman–Crippen LogP) is 3.46. The van der Waals surface area contributed by atoms with E-state index in [2.05, 4.69) is 4.98 Å². The van der Waals surface area contributed by atoms with Gasteiger partial charge >= 0.3 is 0 Å². The van der Waals surface area contributed by atoms with Crippen LogP contribution in [0.5, 0.6) is 0 Å². The summed E-state index contributed by atoms with van der Waals surface area (Å²) in [6, 6.07) is 4.57. The lowest BCUT2D eigenvalue weighted by atomic mass is 10.1. The Hall–Kier alpha value is -1.55. The summed E-state index contributed by atoms with van der Waals surface area (Å²) in [4.78, 5) is 15.3. The van der Waals surface area contributed by atoms with E-state index in [0.717, 1.165) is 11.1 Å². The number of nitrogens with zero attached hydrogens (tertiary/aromatic N) is 1. The number of hydrogen-bond acceptors (Lipinski definition) is 3. The summed E-state index contributed by atoms with van der Waals surface area (Å²) in [6.07, 6.45) is 0. The molecule has 0 atom stereocenters. The standard InChI is InChI=1S/C12H10FNOS/c1-7-3-4-9(13)5-10(7)12-14-11(6-16-12)8(2)15/h3-6H,1-2H3. The van der Waals surface area contributed by atoms with Crippen molar-refractivity contribution in [3.8, 4) is 10.6 Å².